The average Bonchev–Trinajstić information content (AvgIpc) is 3.21. The molecule has 41 heavy (non-hydrogen) atoms. The Kier molecular flexibility index (Phi) is 8.49. The monoisotopic (exact) mass is 622 g/mol. The molecule has 5 rings (SSSR count). The van der Waals surface area contributed by atoms with E-state index in [-0.39, 0.29) is 41.2 Å². The molecule has 11 heteroatoms. The number of nitro benzene ring substituents is 1. The van der Waals surface area contributed by atoms with Crippen LogP contribution in [0.4, 0.5) is 11.4 Å². The number of carbonyl (C=O) groups excluding carboxylic acids is 2. The summed E-state index contributed by atoms with van der Waals surface area (Å²) < 4.78 is 6.93. The van der Waals surface area contributed by atoms with Crippen LogP contribution in [0, 0.1) is 27.9 Å². The highest BCUT2D eigenvalue weighted by atomic mass is 79.9. The van der Waals surface area contributed by atoms with Gasteiger partial charge in [0.2, 0.25) is 11.8 Å². The molecular formula is C30H32BBrN2O7. The van der Waals surface area contributed by atoms with E-state index in [0.29, 0.717) is 31.2 Å². The Labute approximate surface area is 247 Å². The molecule has 4 atom stereocenters. The zero-order valence-electron chi connectivity index (χ0n) is 23.0. The second-order valence-electron chi connectivity index (χ2n) is 10.9. The van der Waals surface area contributed by atoms with Gasteiger partial charge in [0.25, 0.3) is 5.69 Å². The molecule has 0 bridgehead atoms. The predicted octanol–water partition coefficient (Wildman–Crippen LogP) is 6.05. The van der Waals surface area contributed by atoms with Crippen molar-refractivity contribution < 1.29 is 29.3 Å². The fourth-order valence-corrected chi connectivity index (χ4v) is 7.01. The number of benzene rings is 2. The van der Waals surface area contributed by atoms with Crippen LogP contribution < -0.4 is 4.90 Å². The van der Waals surface area contributed by atoms with Crippen LogP contribution >= 0.6 is 15.9 Å². The Hall–Kier alpha value is -3.28. The van der Waals surface area contributed by atoms with Gasteiger partial charge in [-0.15, -0.1) is 0 Å². The summed E-state index contributed by atoms with van der Waals surface area (Å²) in [7, 11) is -1.08. The van der Waals surface area contributed by atoms with Crippen molar-refractivity contribution in [3.8, 4) is 5.75 Å². The second kappa shape index (κ2) is 11.9. The van der Waals surface area contributed by atoms with Crippen molar-refractivity contribution in [1.29, 1.82) is 0 Å². The fraction of sp³-hybridized carbons (Fsp3) is 0.400. The summed E-state index contributed by atoms with van der Waals surface area (Å²) in [6, 6.07) is 10.9. The Morgan fingerprint density at radius 2 is 1.98 bits per heavy atom. The predicted molar refractivity (Wildman–Crippen MR) is 159 cm³/mol. The first-order valence-corrected chi connectivity index (χ1v) is 14.8. The third-order valence-corrected chi connectivity index (χ3v) is 9.06. The number of halogens is 1. The average molecular weight is 623 g/mol. The van der Waals surface area contributed by atoms with Gasteiger partial charge in [0.1, 0.15) is 5.75 Å². The summed E-state index contributed by atoms with van der Waals surface area (Å²) >= 11 is 3.45. The number of aromatic hydroxyl groups is 1. The molecule has 0 saturated carbocycles. The number of non-ortho nitro benzene ring substituents is 1. The van der Waals surface area contributed by atoms with Crippen LogP contribution in [-0.4, -0.2) is 40.1 Å². The van der Waals surface area contributed by atoms with E-state index in [1.165, 1.54) is 18.2 Å². The lowest BCUT2D eigenvalue weighted by atomic mass is 9.58. The molecule has 2 saturated heterocycles. The van der Waals surface area contributed by atoms with Crippen LogP contribution in [0.3, 0.4) is 0 Å². The SMILES string of the molecule is CCC1=C2[C@@H](CC/C(=C/c3cc(Br)ccc3O)CC)OB(O)C[C@@H]2[C@@H]2C(=O)N(c3cccc([N+](=O)[O-])c3)C(=O)[C@@H]2C1. The number of amides is 2. The zero-order chi connectivity index (χ0) is 29.4. The quantitative estimate of drug-likeness (QED) is 0.120. The van der Waals surface area contributed by atoms with Gasteiger partial charge < -0.3 is 14.8 Å². The maximum absolute atomic E-state index is 13.8. The van der Waals surface area contributed by atoms with Crippen LogP contribution in [0.5, 0.6) is 5.75 Å². The minimum Gasteiger partial charge on any atom is -0.507 e. The summed E-state index contributed by atoms with van der Waals surface area (Å²) in [5.41, 5.74) is 3.90. The molecule has 2 aromatic rings. The van der Waals surface area contributed by atoms with E-state index in [2.05, 4.69) is 15.9 Å². The van der Waals surface area contributed by atoms with Gasteiger partial charge in [-0.3, -0.25) is 19.7 Å². The highest BCUT2D eigenvalue weighted by Crippen LogP contribution is 2.52. The molecule has 2 heterocycles. The van der Waals surface area contributed by atoms with E-state index in [0.717, 1.165) is 32.5 Å². The van der Waals surface area contributed by atoms with E-state index in [4.69, 9.17) is 4.65 Å². The summed E-state index contributed by atoms with van der Waals surface area (Å²) in [5, 5.41) is 32.4. The zero-order valence-corrected chi connectivity index (χ0v) is 24.5. The maximum Gasteiger partial charge on any atom is 0.455 e. The highest BCUT2D eigenvalue weighted by Gasteiger charge is 2.57. The number of phenolic OH excluding ortho intramolecular Hbond substituents is 1. The van der Waals surface area contributed by atoms with Crippen molar-refractivity contribution >= 4 is 52.3 Å². The minimum atomic E-state index is -1.08. The van der Waals surface area contributed by atoms with Gasteiger partial charge in [0.05, 0.1) is 28.6 Å². The largest absolute Gasteiger partial charge is 0.507 e. The first-order chi connectivity index (χ1) is 19.6. The van der Waals surface area contributed by atoms with Crippen molar-refractivity contribution in [2.45, 2.75) is 58.4 Å². The van der Waals surface area contributed by atoms with Gasteiger partial charge in [0.15, 0.2) is 0 Å². The molecule has 2 N–H and O–H groups in total. The lowest BCUT2D eigenvalue weighted by Crippen LogP contribution is -2.46. The molecule has 2 fully saturated rings. The summed E-state index contributed by atoms with van der Waals surface area (Å²) in [5.74, 6) is -2.15. The molecule has 0 aromatic heterocycles. The molecule has 0 unspecified atom stereocenters. The van der Waals surface area contributed by atoms with Crippen LogP contribution in [0.1, 0.15) is 51.5 Å². The number of nitro groups is 1. The summed E-state index contributed by atoms with van der Waals surface area (Å²) in [6.07, 6.45) is 4.87. The van der Waals surface area contributed by atoms with Gasteiger partial charge in [0, 0.05) is 22.2 Å². The number of rotatable bonds is 8. The maximum atomic E-state index is 13.8. The van der Waals surface area contributed by atoms with Gasteiger partial charge in [-0.05, 0) is 74.2 Å². The topological polar surface area (TPSA) is 130 Å². The summed E-state index contributed by atoms with van der Waals surface area (Å²) in [4.78, 5) is 39.3. The molecule has 3 aliphatic rings. The number of phenols is 1. The Morgan fingerprint density at radius 1 is 1.20 bits per heavy atom. The van der Waals surface area contributed by atoms with Crippen molar-refractivity contribution in [3.63, 3.8) is 0 Å². The van der Waals surface area contributed by atoms with E-state index in [1.807, 2.05) is 26.0 Å². The molecule has 214 valence electrons. The van der Waals surface area contributed by atoms with Crippen LogP contribution in [0.2, 0.25) is 6.32 Å². The van der Waals surface area contributed by atoms with Crippen LogP contribution in [0.15, 0.2) is 63.7 Å². The molecule has 1 aliphatic carbocycles. The molecule has 2 aromatic carbocycles. The summed E-state index contributed by atoms with van der Waals surface area (Å²) in [6.45, 7) is 4.07. The number of hydrogen-bond donors (Lipinski definition) is 2. The van der Waals surface area contributed by atoms with Crippen molar-refractivity contribution in [1.82, 2.24) is 0 Å². The Balaban J connectivity index is 1.43. The van der Waals surface area contributed by atoms with Gasteiger partial charge in [-0.1, -0.05) is 53.1 Å². The van der Waals surface area contributed by atoms with Gasteiger partial charge in [-0.25, -0.2) is 4.90 Å². The van der Waals surface area contributed by atoms with E-state index >= 15 is 0 Å². The van der Waals surface area contributed by atoms with Crippen LogP contribution in [0.25, 0.3) is 6.08 Å². The van der Waals surface area contributed by atoms with E-state index in [9.17, 15) is 29.8 Å². The minimum absolute atomic E-state index is 0.190. The molecule has 2 aliphatic heterocycles. The molecule has 9 nitrogen and oxygen atoms in total. The number of nitrogens with zero attached hydrogens (tertiary/aromatic N) is 2. The van der Waals surface area contributed by atoms with Crippen molar-refractivity contribution in [2.75, 3.05) is 4.90 Å². The highest BCUT2D eigenvalue weighted by molar-refractivity contribution is 9.10. The number of allylic oxidation sites excluding steroid dienone is 2. The molecule has 2 amide bonds. The normalized spacial score (nSPS) is 24.5. The molecular weight excluding hydrogens is 591 g/mol. The van der Waals surface area contributed by atoms with Crippen molar-refractivity contribution in [3.05, 3.63) is 79.3 Å². The van der Waals surface area contributed by atoms with E-state index in [1.54, 1.807) is 18.2 Å². The van der Waals surface area contributed by atoms with Crippen LogP contribution in [-0.2, 0) is 14.2 Å². The molecule has 0 spiro atoms. The fourth-order valence-electron chi connectivity index (χ4n) is 6.63. The smallest absolute Gasteiger partial charge is 0.455 e. The Bertz CT molecular complexity index is 1460. The molecule has 0 radical (unpaired) electrons. The lowest BCUT2D eigenvalue weighted by molar-refractivity contribution is -0.384. The number of imide groups is 1. The third kappa shape index (κ3) is 5.63. The second-order valence-corrected chi connectivity index (χ2v) is 11.8. The standard InChI is InChI=1S/C30H32BBrN2O7/c1-3-17(12-19-13-20(32)9-10-25(19)35)8-11-26-27-18(4-2)14-23-28(24(27)16-31(38)41-26)30(37)33(29(23)36)21-6-5-7-22(15-21)34(39)40/h5-7,9-10,12-13,15,23-24,26,28,35,38H,3-4,8,11,14,16H2,1-2H3/b17-12+/t23-,24+,26-,28-/m1/s1. The van der Waals surface area contributed by atoms with Crippen molar-refractivity contribution in [2.24, 2.45) is 17.8 Å². The first kappa shape index (κ1) is 29.2. The third-order valence-electron chi connectivity index (χ3n) is 8.56. The van der Waals surface area contributed by atoms with Gasteiger partial charge >= 0.3 is 7.12 Å². The lowest BCUT2D eigenvalue weighted by Gasteiger charge is -2.43. The van der Waals surface area contributed by atoms with E-state index < -0.39 is 30.0 Å². The number of hydrogen-bond acceptors (Lipinski definition) is 7. The Morgan fingerprint density at radius 3 is 2.68 bits per heavy atom. The first-order valence-electron chi connectivity index (χ1n) is 14.0. The number of anilines is 1. The van der Waals surface area contributed by atoms with Gasteiger partial charge in [-0.2, -0.15) is 0 Å². The number of carbonyl (C=O) groups is 2. The number of fused-ring (bicyclic) bond motifs is 3.